The van der Waals surface area contributed by atoms with Crippen molar-refractivity contribution in [1.29, 1.82) is 0 Å². The van der Waals surface area contributed by atoms with Gasteiger partial charge in [0.2, 0.25) is 0 Å². The highest BCUT2D eigenvalue weighted by Crippen LogP contribution is 2.23. The van der Waals surface area contributed by atoms with Gasteiger partial charge in [0.05, 0.1) is 18.9 Å². The van der Waals surface area contributed by atoms with Crippen molar-refractivity contribution < 1.29 is 19.1 Å². The van der Waals surface area contributed by atoms with Crippen LogP contribution < -0.4 is 5.32 Å². The maximum absolute atomic E-state index is 12.1. The maximum atomic E-state index is 12.1. The number of aryl methyl sites for hydroxylation is 3. The lowest BCUT2D eigenvalue weighted by atomic mass is 10.1. The molecule has 0 aliphatic rings. The normalized spacial score (nSPS) is 10.9. The maximum Gasteiger partial charge on any atom is 0.350 e. The highest BCUT2D eigenvalue weighted by atomic mass is 32.1. The number of thiazole rings is 1. The largest absolute Gasteiger partial charge is 0.461 e. The predicted molar refractivity (Wildman–Crippen MR) is 106 cm³/mol. The number of ether oxygens (including phenoxy) is 2. The first-order valence-corrected chi connectivity index (χ1v) is 9.66. The van der Waals surface area contributed by atoms with Crippen LogP contribution in [0.5, 0.6) is 0 Å². The summed E-state index contributed by atoms with van der Waals surface area (Å²) in [6.07, 6.45) is 0. The molecule has 0 saturated carbocycles. The molecule has 146 valence electrons. The number of esters is 1. The molecule has 1 amide bonds. The Morgan fingerprint density at radius 2 is 1.96 bits per heavy atom. The summed E-state index contributed by atoms with van der Waals surface area (Å²) in [5.74, 6) is -0.462. The molecule has 0 aliphatic carbocycles. The third-order valence-corrected chi connectivity index (χ3v) is 4.82. The van der Waals surface area contributed by atoms with E-state index in [4.69, 9.17) is 9.47 Å². The van der Waals surface area contributed by atoms with E-state index in [1.54, 1.807) is 6.92 Å². The fraction of sp³-hybridized carbons (Fsp3) is 0.450. The van der Waals surface area contributed by atoms with Gasteiger partial charge in [-0.3, -0.25) is 10.1 Å². The predicted octanol–water partition coefficient (Wildman–Crippen LogP) is 4.04. The summed E-state index contributed by atoms with van der Waals surface area (Å²) < 4.78 is 10.7. The Hall–Kier alpha value is -2.25. The average Bonchev–Trinajstić information content (AvgIpc) is 2.95. The summed E-state index contributed by atoms with van der Waals surface area (Å²) in [6, 6.07) is 6.10. The number of nitrogens with one attached hydrogen (secondary N) is 1. The van der Waals surface area contributed by atoms with Crippen molar-refractivity contribution in [3.8, 4) is 0 Å². The van der Waals surface area contributed by atoms with Crippen molar-refractivity contribution in [2.75, 3.05) is 18.5 Å². The number of carbonyl (C=O) groups excluding carboxylic acids is 2. The number of nitrogens with zero attached hydrogens (tertiary/aromatic N) is 1. The number of anilines is 1. The number of carbonyl (C=O) groups is 2. The zero-order chi connectivity index (χ0) is 20.0. The van der Waals surface area contributed by atoms with Gasteiger partial charge in [0.25, 0.3) is 5.91 Å². The average molecular weight is 391 g/mol. The second-order valence-corrected chi connectivity index (χ2v) is 7.90. The van der Waals surface area contributed by atoms with Crippen LogP contribution in [0, 0.1) is 26.7 Å². The van der Waals surface area contributed by atoms with Crippen LogP contribution >= 0.6 is 11.3 Å². The van der Waals surface area contributed by atoms with Gasteiger partial charge in [0, 0.05) is 0 Å². The number of benzene rings is 1. The van der Waals surface area contributed by atoms with Gasteiger partial charge in [-0.05, 0) is 37.8 Å². The van der Waals surface area contributed by atoms with Crippen LogP contribution in [0.3, 0.4) is 0 Å². The Labute approximate surface area is 163 Å². The van der Waals surface area contributed by atoms with E-state index in [2.05, 4.69) is 16.4 Å². The highest BCUT2D eigenvalue weighted by Gasteiger charge is 2.18. The van der Waals surface area contributed by atoms with Gasteiger partial charge >= 0.3 is 5.97 Å². The second kappa shape index (κ2) is 9.62. The Kier molecular flexibility index (Phi) is 7.50. The van der Waals surface area contributed by atoms with Crippen molar-refractivity contribution in [3.05, 3.63) is 45.5 Å². The number of rotatable bonds is 8. The molecule has 1 aromatic carbocycles. The molecule has 0 unspecified atom stereocenters. The van der Waals surface area contributed by atoms with Gasteiger partial charge in [0.1, 0.15) is 11.5 Å². The van der Waals surface area contributed by atoms with E-state index in [1.165, 1.54) is 5.56 Å². The van der Waals surface area contributed by atoms with Crippen LogP contribution in [0.1, 0.15) is 45.9 Å². The highest BCUT2D eigenvalue weighted by molar-refractivity contribution is 7.17. The number of hydrogen-bond donors (Lipinski definition) is 1. The molecule has 6 nitrogen and oxygen atoms in total. The molecule has 0 atom stereocenters. The van der Waals surface area contributed by atoms with Gasteiger partial charge in [-0.2, -0.15) is 0 Å². The van der Waals surface area contributed by atoms with Crippen LogP contribution in [-0.2, 0) is 20.9 Å². The van der Waals surface area contributed by atoms with Crippen LogP contribution in [0.4, 0.5) is 5.13 Å². The van der Waals surface area contributed by atoms with Gasteiger partial charge in [0.15, 0.2) is 5.13 Å². The van der Waals surface area contributed by atoms with Crippen LogP contribution in [-0.4, -0.2) is 30.1 Å². The Morgan fingerprint density at radius 3 is 2.63 bits per heavy atom. The fourth-order valence-electron chi connectivity index (χ4n) is 2.36. The standard InChI is InChI=1S/C20H26N2O4S/c1-12(2)9-26-19(24)18-15(5)21-20(27-18)22-17(23)11-25-10-16-7-6-13(3)8-14(16)4/h6-8,12H,9-11H2,1-5H3,(H,21,22,23). The van der Waals surface area contributed by atoms with E-state index in [-0.39, 0.29) is 18.4 Å². The summed E-state index contributed by atoms with van der Waals surface area (Å²) in [7, 11) is 0. The molecular weight excluding hydrogens is 364 g/mol. The first-order chi connectivity index (χ1) is 12.8. The summed E-state index contributed by atoms with van der Waals surface area (Å²) >= 11 is 1.11. The van der Waals surface area contributed by atoms with Crippen molar-refractivity contribution in [1.82, 2.24) is 4.98 Å². The number of amides is 1. The summed E-state index contributed by atoms with van der Waals surface area (Å²) in [5, 5.41) is 3.03. The molecule has 0 fully saturated rings. The molecule has 0 radical (unpaired) electrons. The minimum Gasteiger partial charge on any atom is -0.461 e. The van der Waals surface area contributed by atoms with Gasteiger partial charge in [-0.1, -0.05) is 48.9 Å². The molecule has 0 bridgehead atoms. The minimum atomic E-state index is -0.412. The monoisotopic (exact) mass is 390 g/mol. The van der Waals surface area contributed by atoms with E-state index >= 15 is 0 Å². The second-order valence-electron chi connectivity index (χ2n) is 6.90. The fourth-order valence-corrected chi connectivity index (χ4v) is 3.24. The minimum absolute atomic E-state index is 0.0843. The van der Waals surface area contributed by atoms with Gasteiger partial charge in [-0.15, -0.1) is 0 Å². The molecule has 0 aliphatic heterocycles. The lowest BCUT2D eigenvalue weighted by molar-refractivity contribution is -0.121. The number of hydrogen-bond acceptors (Lipinski definition) is 6. The van der Waals surface area contributed by atoms with Crippen molar-refractivity contribution in [2.45, 2.75) is 41.2 Å². The quantitative estimate of drug-likeness (QED) is 0.689. The molecule has 1 N–H and O–H groups in total. The van der Waals surface area contributed by atoms with Gasteiger partial charge < -0.3 is 9.47 Å². The van der Waals surface area contributed by atoms with E-state index in [1.807, 2.05) is 39.8 Å². The van der Waals surface area contributed by atoms with Crippen molar-refractivity contribution in [2.24, 2.45) is 5.92 Å². The van der Waals surface area contributed by atoms with E-state index < -0.39 is 5.97 Å². The zero-order valence-electron chi connectivity index (χ0n) is 16.4. The topological polar surface area (TPSA) is 77.5 Å². The molecule has 7 heteroatoms. The van der Waals surface area contributed by atoms with Gasteiger partial charge in [-0.25, -0.2) is 9.78 Å². The Bertz CT molecular complexity index is 814. The van der Waals surface area contributed by atoms with Crippen LogP contribution in [0.25, 0.3) is 0 Å². The molecule has 1 aromatic heterocycles. The molecule has 27 heavy (non-hydrogen) atoms. The first kappa shape index (κ1) is 21.1. The van der Waals surface area contributed by atoms with Crippen molar-refractivity contribution in [3.63, 3.8) is 0 Å². The Balaban J connectivity index is 1.85. The Morgan fingerprint density at radius 1 is 1.22 bits per heavy atom. The molecule has 0 spiro atoms. The lowest BCUT2D eigenvalue weighted by Gasteiger charge is -2.08. The summed E-state index contributed by atoms with van der Waals surface area (Å²) in [6.45, 7) is 10.3. The summed E-state index contributed by atoms with van der Waals surface area (Å²) in [4.78, 5) is 28.7. The number of aromatic nitrogens is 1. The molecule has 0 saturated heterocycles. The molecule has 2 aromatic rings. The van der Waals surface area contributed by atoms with Crippen LogP contribution in [0.15, 0.2) is 18.2 Å². The third-order valence-electron chi connectivity index (χ3n) is 3.76. The SMILES string of the molecule is Cc1ccc(COCC(=O)Nc2nc(C)c(C(=O)OCC(C)C)s2)c(C)c1. The zero-order valence-corrected chi connectivity index (χ0v) is 17.2. The molecule has 2 rings (SSSR count). The third kappa shape index (κ3) is 6.45. The summed E-state index contributed by atoms with van der Waals surface area (Å²) in [5.41, 5.74) is 3.92. The van der Waals surface area contributed by atoms with E-state index in [9.17, 15) is 9.59 Å². The molecular formula is C20H26N2O4S. The lowest BCUT2D eigenvalue weighted by Crippen LogP contribution is -2.18. The van der Waals surface area contributed by atoms with Crippen LogP contribution in [0.2, 0.25) is 0 Å². The first-order valence-electron chi connectivity index (χ1n) is 8.84. The van der Waals surface area contributed by atoms with Crippen molar-refractivity contribution >= 4 is 28.3 Å². The van der Waals surface area contributed by atoms with E-state index in [0.717, 1.165) is 22.5 Å². The molecule has 1 heterocycles. The van der Waals surface area contributed by atoms with E-state index in [0.29, 0.717) is 28.9 Å². The smallest absolute Gasteiger partial charge is 0.350 e.